The number of piperazine rings is 1. The first-order chi connectivity index (χ1) is 18.7. The van der Waals surface area contributed by atoms with Gasteiger partial charge in [0.1, 0.15) is 10.8 Å². The second-order valence-corrected chi connectivity index (χ2v) is 10.00. The molecule has 0 unspecified atom stereocenters. The van der Waals surface area contributed by atoms with Gasteiger partial charge in [-0.25, -0.2) is 9.50 Å². The number of likely N-dealkylation sites (N-methyl/N-ethyl adjacent to an activating group) is 1. The molecular formula is C28H27ClF3N7. The molecule has 1 aromatic carbocycles. The lowest BCUT2D eigenvalue weighted by atomic mass is 10.0. The highest BCUT2D eigenvalue weighted by molar-refractivity contribution is 6.29. The van der Waals surface area contributed by atoms with Gasteiger partial charge in [-0.1, -0.05) is 23.6 Å². The van der Waals surface area contributed by atoms with Crippen LogP contribution in [0.2, 0.25) is 5.15 Å². The van der Waals surface area contributed by atoms with Crippen LogP contribution in [0.4, 0.5) is 18.9 Å². The van der Waals surface area contributed by atoms with Gasteiger partial charge in [0.25, 0.3) is 0 Å². The average molecular weight is 554 g/mol. The molecule has 4 heterocycles. The van der Waals surface area contributed by atoms with Crippen molar-refractivity contribution in [1.29, 1.82) is 0 Å². The quantitative estimate of drug-likeness (QED) is 0.356. The van der Waals surface area contributed by atoms with Crippen LogP contribution < -0.4 is 5.32 Å². The van der Waals surface area contributed by atoms with Crippen molar-refractivity contribution in [3.63, 3.8) is 0 Å². The van der Waals surface area contributed by atoms with Gasteiger partial charge in [-0.2, -0.15) is 18.3 Å². The van der Waals surface area contributed by atoms with Gasteiger partial charge in [-0.05, 0) is 61.4 Å². The van der Waals surface area contributed by atoms with E-state index in [1.165, 1.54) is 6.07 Å². The summed E-state index contributed by atoms with van der Waals surface area (Å²) in [5.41, 5.74) is 3.54. The topological polar surface area (TPSA) is 61.6 Å². The summed E-state index contributed by atoms with van der Waals surface area (Å²) in [5.74, 6) is 6.19. The number of halogens is 4. The van der Waals surface area contributed by atoms with E-state index in [0.717, 1.165) is 37.3 Å². The maximum atomic E-state index is 13.9. The standard InChI is InChI=1S/C28H27ClF3N7/c1-19-15-33-23(13-20(19)4-6-24-17-35-27-8-7-26(29)36-39(24)27)16-34-22-5-3-21(25(14-22)28(30,31)32)18-38-11-9-37(2)10-12-38/h3,5,7-8,13-15,17,34H,9-12,16,18H2,1-2H3. The molecule has 0 spiro atoms. The number of hydrogen-bond donors (Lipinski definition) is 1. The molecule has 1 aliphatic rings. The maximum Gasteiger partial charge on any atom is 0.416 e. The molecule has 39 heavy (non-hydrogen) atoms. The highest BCUT2D eigenvalue weighted by Gasteiger charge is 2.34. The smallest absolute Gasteiger partial charge is 0.379 e. The van der Waals surface area contributed by atoms with Crippen LogP contribution in [0, 0.1) is 18.8 Å². The van der Waals surface area contributed by atoms with E-state index in [-0.39, 0.29) is 18.7 Å². The van der Waals surface area contributed by atoms with Crippen molar-refractivity contribution in [2.24, 2.45) is 0 Å². The third-order valence-electron chi connectivity index (χ3n) is 6.69. The fourth-order valence-corrected chi connectivity index (χ4v) is 4.53. The number of rotatable bonds is 5. The molecule has 1 aliphatic heterocycles. The van der Waals surface area contributed by atoms with Gasteiger partial charge < -0.3 is 10.2 Å². The van der Waals surface area contributed by atoms with Crippen molar-refractivity contribution >= 4 is 22.9 Å². The fourth-order valence-electron chi connectivity index (χ4n) is 4.39. The van der Waals surface area contributed by atoms with E-state index in [1.54, 1.807) is 41.2 Å². The molecule has 11 heteroatoms. The highest BCUT2D eigenvalue weighted by Crippen LogP contribution is 2.34. The Bertz CT molecular complexity index is 1550. The summed E-state index contributed by atoms with van der Waals surface area (Å²) in [6.45, 7) is 5.61. The van der Waals surface area contributed by atoms with Crippen molar-refractivity contribution in [3.05, 3.63) is 87.6 Å². The summed E-state index contributed by atoms with van der Waals surface area (Å²) < 4.78 is 43.3. The van der Waals surface area contributed by atoms with Gasteiger partial charge in [0.2, 0.25) is 0 Å². The van der Waals surface area contributed by atoms with Gasteiger partial charge in [0.05, 0.1) is 24.0 Å². The monoisotopic (exact) mass is 553 g/mol. The maximum absolute atomic E-state index is 13.9. The van der Waals surface area contributed by atoms with Crippen molar-refractivity contribution in [1.82, 2.24) is 29.4 Å². The van der Waals surface area contributed by atoms with Crippen LogP contribution in [-0.2, 0) is 19.3 Å². The molecule has 4 aromatic rings. The number of nitrogens with one attached hydrogen (secondary N) is 1. The minimum atomic E-state index is -4.44. The summed E-state index contributed by atoms with van der Waals surface area (Å²) >= 11 is 6.00. The molecule has 7 nitrogen and oxygen atoms in total. The van der Waals surface area contributed by atoms with Crippen molar-refractivity contribution in [3.8, 4) is 11.8 Å². The number of anilines is 1. The molecule has 3 aromatic heterocycles. The third kappa shape index (κ3) is 6.50. The number of alkyl halides is 3. The van der Waals surface area contributed by atoms with E-state index >= 15 is 0 Å². The first-order valence-electron chi connectivity index (χ1n) is 12.5. The molecule has 1 fully saturated rings. The number of imidazole rings is 1. The minimum absolute atomic E-state index is 0.247. The molecular weight excluding hydrogens is 527 g/mol. The van der Waals surface area contributed by atoms with Crippen LogP contribution >= 0.6 is 11.6 Å². The molecule has 0 amide bonds. The Kier molecular flexibility index (Phi) is 7.75. The Morgan fingerprint density at radius 1 is 1.00 bits per heavy atom. The largest absolute Gasteiger partial charge is 0.416 e. The van der Waals surface area contributed by atoms with Crippen LogP contribution in [0.3, 0.4) is 0 Å². The molecule has 0 radical (unpaired) electrons. The van der Waals surface area contributed by atoms with Crippen LogP contribution in [0.25, 0.3) is 5.65 Å². The second kappa shape index (κ2) is 11.2. The van der Waals surface area contributed by atoms with Gasteiger partial charge in [0, 0.05) is 50.2 Å². The summed E-state index contributed by atoms with van der Waals surface area (Å²) in [7, 11) is 2.02. The minimum Gasteiger partial charge on any atom is -0.379 e. The first kappa shape index (κ1) is 26.9. The molecule has 202 valence electrons. The number of aromatic nitrogens is 4. The zero-order valence-corrected chi connectivity index (χ0v) is 22.3. The van der Waals surface area contributed by atoms with Gasteiger partial charge in [-0.3, -0.25) is 9.88 Å². The molecule has 0 bridgehead atoms. The van der Waals surface area contributed by atoms with Gasteiger partial charge in [0.15, 0.2) is 5.65 Å². The summed E-state index contributed by atoms with van der Waals surface area (Å²) in [6, 6.07) is 9.68. The van der Waals surface area contributed by atoms with E-state index in [4.69, 9.17) is 11.6 Å². The lowest BCUT2D eigenvalue weighted by Crippen LogP contribution is -2.44. The lowest BCUT2D eigenvalue weighted by molar-refractivity contribution is -0.138. The zero-order valence-electron chi connectivity index (χ0n) is 21.6. The summed E-state index contributed by atoms with van der Waals surface area (Å²) in [6.07, 6.45) is -1.12. The second-order valence-electron chi connectivity index (χ2n) is 9.61. The third-order valence-corrected chi connectivity index (χ3v) is 6.90. The van der Waals surface area contributed by atoms with Crippen LogP contribution in [-0.4, -0.2) is 62.6 Å². The van der Waals surface area contributed by atoms with Crippen LogP contribution in [0.15, 0.2) is 48.8 Å². The summed E-state index contributed by atoms with van der Waals surface area (Å²) in [5, 5.41) is 7.65. The van der Waals surface area contributed by atoms with Crippen LogP contribution in [0.1, 0.15) is 33.6 Å². The molecule has 0 saturated carbocycles. The van der Waals surface area contributed by atoms with Crippen molar-refractivity contribution < 1.29 is 13.2 Å². The number of nitrogens with zero attached hydrogens (tertiary/aromatic N) is 6. The van der Waals surface area contributed by atoms with Gasteiger partial charge in [-0.15, -0.1) is 0 Å². The molecule has 5 rings (SSSR count). The molecule has 1 saturated heterocycles. The Hall–Kier alpha value is -3.65. The Morgan fingerprint density at radius 2 is 1.79 bits per heavy atom. The average Bonchev–Trinajstić information content (AvgIpc) is 3.30. The van der Waals surface area contributed by atoms with E-state index in [0.29, 0.717) is 27.9 Å². The SMILES string of the molecule is Cc1cnc(CNc2ccc(CN3CCN(C)CC3)c(C(F)(F)F)c2)cc1C#Cc1cnc2ccc(Cl)nn12. The Morgan fingerprint density at radius 3 is 2.56 bits per heavy atom. The molecule has 0 atom stereocenters. The zero-order chi connectivity index (χ0) is 27.6. The molecule has 0 aliphatic carbocycles. The number of pyridine rings is 1. The number of aryl methyl sites for hydroxylation is 1. The van der Waals surface area contributed by atoms with Crippen molar-refractivity contribution in [2.75, 3.05) is 38.5 Å². The fraction of sp³-hybridized carbons (Fsp3) is 0.321. The van der Waals surface area contributed by atoms with Crippen molar-refractivity contribution in [2.45, 2.75) is 26.2 Å². The first-order valence-corrected chi connectivity index (χ1v) is 12.9. The Balaban J connectivity index is 1.31. The van der Waals surface area contributed by atoms with E-state index in [2.05, 4.69) is 42.0 Å². The van der Waals surface area contributed by atoms with E-state index in [9.17, 15) is 13.2 Å². The number of benzene rings is 1. The lowest BCUT2D eigenvalue weighted by Gasteiger charge is -2.33. The molecule has 1 N–H and O–H groups in total. The summed E-state index contributed by atoms with van der Waals surface area (Å²) in [4.78, 5) is 12.9. The van der Waals surface area contributed by atoms with E-state index < -0.39 is 11.7 Å². The van der Waals surface area contributed by atoms with Gasteiger partial charge >= 0.3 is 6.18 Å². The Labute approximate surface area is 229 Å². The predicted molar refractivity (Wildman–Crippen MR) is 144 cm³/mol. The number of hydrogen-bond acceptors (Lipinski definition) is 6. The van der Waals surface area contributed by atoms with E-state index in [1.807, 2.05) is 20.0 Å². The van der Waals surface area contributed by atoms with Crippen LogP contribution in [0.5, 0.6) is 0 Å². The normalized spacial score (nSPS) is 14.8. The highest BCUT2D eigenvalue weighted by atomic mass is 35.5. The predicted octanol–water partition coefficient (Wildman–Crippen LogP) is 4.86. The number of fused-ring (bicyclic) bond motifs is 1.